The molecule has 1 aromatic heterocycles. The Bertz CT molecular complexity index is 532. The van der Waals surface area contributed by atoms with Crippen LogP contribution in [0.5, 0.6) is 0 Å². The van der Waals surface area contributed by atoms with E-state index in [2.05, 4.69) is 29.8 Å². The van der Waals surface area contributed by atoms with Crippen LogP contribution in [-0.2, 0) is 21.7 Å². The fourth-order valence-electron chi connectivity index (χ4n) is 3.75. The highest BCUT2D eigenvalue weighted by atomic mass is 16.5. The summed E-state index contributed by atoms with van der Waals surface area (Å²) < 4.78 is 11.6. The number of fused-ring (bicyclic) bond motifs is 2. The van der Waals surface area contributed by atoms with Gasteiger partial charge >= 0.3 is 0 Å². The number of pyridine rings is 1. The zero-order valence-electron chi connectivity index (χ0n) is 13.0. The van der Waals surface area contributed by atoms with Gasteiger partial charge in [-0.25, -0.2) is 0 Å². The molecule has 21 heavy (non-hydrogen) atoms. The van der Waals surface area contributed by atoms with E-state index in [0.717, 1.165) is 45.8 Å². The lowest BCUT2D eigenvalue weighted by Crippen LogP contribution is -2.54. The van der Waals surface area contributed by atoms with Crippen molar-refractivity contribution in [3.8, 4) is 0 Å². The molecule has 3 aliphatic heterocycles. The molecule has 0 aromatic carbocycles. The summed E-state index contributed by atoms with van der Waals surface area (Å²) in [6, 6.07) is 2.95. The Kier molecular flexibility index (Phi) is 3.28. The molecule has 4 nitrogen and oxygen atoms in total. The van der Waals surface area contributed by atoms with Gasteiger partial charge in [0.15, 0.2) is 0 Å². The molecular formula is C17H24N2O2. The van der Waals surface area contributed by atoms with Gasteiger partial charge in [-0.15, -0.1) is 0 Å². The third kappa shape index (κ3) is 2.20. The Morgan fingerprint density at radius 3 is 2.67 bits per heavy atom. The fourth-order valence-corrected chi connectivity index (χ4v) is 3.75. The molecule has 0 atom stereocenters. The molecule has 0 radical (unpaired) electrons. The molecule has 0 aliphatic carbocycles. The summed E-state index contributed by atoms with van der Waals surface area (Å²) in [5.41, 5.74) is 3.84. The van der Waals surface area contributed by atoms with Crippen molar-refractivity contribution >= 4 is 0 Å². The van der Waals surface area contributed by atoms with E-state index in [0.29, 0.717) is 12.0 Å². The van der Waals surface area contributed by atoms with Gasteiger partial charge in [-0.3, -0.25) is 9.88 Å². The summed E-state index contributed by atoms with van der Waals surface area (Å²) in [5, 5.41) is 0. The quantitative estimate of drug-likeness (QED) is 0.837. The predicted molar refractivity (Wildman–Crippen MR) is 80.2 cm³/mol. The largest absolute Gasteiger partial charge is 0.378 e. The zero-order valence-corrected chi connectivity index (χ0v) is 13.0. The first-order chi connectivity index (χ1) is 10.2. The Balaban J connectivity index is 1.56. The molecule has 4 heteroatoms. The maximum absolute atomic E-state index is 6.27. The molecule has 0 bridgehead atoms. The molecule has 0 N–H and O–H groups in total. The normalized spacial score (nSPS) is 25.3. The van der Waals surface area contributed by atoms with Gasteiger partial charge in [0, 0.05) is 30.5 Å². The van der Waals surface area contributed by atoms with Crippen molar-refractivity contribution in [1.29, 1.82) is 0 Å². The smallest absolute Gasteiger partial charge is 0.0964 e. The number of hydrogen-bond acceptors (Lipinski definition) is 4. The second-order valence-electron chi connectivity index (χ2n) is 6.93. The molecule has 2 saturated heterocycles. The van der Waals surface area contributed by atoms with Crippen LogP contribution in [0.2, 0.25) is 0 Å². The molecular weight excluding hydrogens is 264 g/mol. The minimum atomic E-state index is -0.0526. The molecule has 2 fully saturated rings. The molecule has 4 rings (SSSR count). The number of nitrogens with zero attached hydrogens (tertiary/aromatic N) is 2. The third-order valence-corrected chi connectivity index (χ3v) is 5.34. The van der Waals surface area contributed by atoms with Crippen LogP contribution in [0.15, 0.2) is 12.3 Å². The van der Waals surface area contributed by atoms with Crippen LogP contribution < -0.4 is 0 Å². The average molecular weight is 288 g/mol. The van der Waals surface area contributed by atoms with Gasteiger partial charge < -0.3 is 9.47 Å². The zero-order chi connectivity index (χ0) is 14.4. The van der Waals surface area contributed by atoms with Crippen LogP contribution in [-0.4, -0.2) is 42.2 Å². The summed E-state index contributed by atoms with van der Waals surface area (Å²) in [6.07, 6.45) is 4.22. The minimum Gasteiger partial charge on any atom is -0.378 e. The van der Waals surface area contributed by atoms with Gasteiger partial charge in [-0.05, 0) is 30.4 Å². The molecule has 0 unspecified atom stereocenters. The Hall–Kier alpha value is -0.970. The molecule has 0 saturated carbocycles. The molecule has 3 aliphatic rings. The van der Waals surface area contributed by atoms with E-state index >= 15 is 0 Å². The summed E-state index contributed by atoms with van der Waals surface area (Å²) in [6.45, 7) is 9.19. The third-order valence-electron chi connectivity index (χ3n) is 5.34. The van der Waals surface area contributed by atoms with E-state index in [1.54, 1.807) is 0 Å². The first-order valence-corrected chi connectivity index (χ1v) is 8.13. The van der Waals surface area contributed by atoms with Crippen LogP contribution in [0.25, 0.3) is 0 Å². The highest BCUT2D eigenvalue weighted by Crippen LogP contribution is 2.45. The van der Waals surface area contributed by atoms with Crippen molar-refractivity contribution in [3.63, 3.8) is 0 Å². The van der Waals surface area contributed by atoms with Crippen molar-refractivity contribution < 1.29 is 9.47 Å². The predicted octanol–water partition coefficient (Wildman–Crippen LogP) is 2.43. The summed E-state index contributed by atoms with van der Waals surface area (Å²) in [7, 11) is 0. The highest BCUT2D eigenvalue weighted by molar-refractivity contribution is 5.36. The Morgan fingerprint density at radius 1 is 1.29 bits per heavy atom. The van der Waals surface area contributed by atoms with E-state index in [1.807, 2.05) is 6.20 Å². The topological polar surface area (TPSA) is 34.6 Å². The number of likely N-dealkylation sites (tertiary alicyclic amines) is 1. The molecule has 0 amide bonds. The molecule has 114 valence electrons. The van der Waals surface area contributed by atoms with Crippen LogP contribution >= 0.6 is 0 Å². The van der Waals surface area contributed by atoms with Gasteiger partial charge in [-0.1, -0.05) is 13.8 Å². The fraction of sp³-hybridized carbons (Fsp3) is 0.706. The number of ether oxygens (including phenoxy) is 2. The maximum Gasteiger partial charge on any atom is 0.0964 e. The van der Waals surface area contributed by atoms with Gasteiger partial charge in [0.25, 0.3) is 0 Å². The summed E-state index contributed by atoms with van der Waals surface area (Å²) in [4.78, 5) is 7.16. The van der Waals surface area contributed by atoms with E-state index in [-0.39, 0.29) is 5.60 Å². The van der Waals surface area contributed by atoms with Crippen molar-refractivity contribution in [2.75, 3.05) is 26.3 Å². The average Bonchev–Trinajstić information content (AvgIpc) is 2.78. The lowest BCUT2D eigenvalue weighted by atomic mass is 9.83. The molecule has 1 aromatic rings. The van der Waals surface area contributed by atoms with Crippen molar-refractivity contribution in [2.45, 2.75) is 50.9 Å². The number of rotatable bonds is 2. The van der Waals surface area contributed by atoms with Gasteiger partial charge in [-0.2, -0.15) is 0 Å². The van der Waals surface area contributed by atoms with E-state index in [1.165, 1.54) is 16.8 Å². The Morgan fingerprint density at radius 2 is 2.05 bits per heavy atom. The van der Waals surface area contributed by atoms with Crippen LogP contribution in [0.3, 0.4) is 0 Å². The van der Waals surface area contributed by atoms with Crippen molar-refractivity contribution in [1.82, 2.24) is 9.88 Å². The van der Waals surface area contributed by atoms with Crippen LogP contribution in [0.4, 0.5) is 0 Å². The lowest BCUT2D eigenvalue weighted by molar-refractivity contribution is -0.119. The van der Waals surface area contributed by atoms with Crippen LogP contribution in [0.1, 0.15) is 49.4 Å². The number of piperidine rings is 1. The van der Waals surface area contributed by atoms with Gasteiger partial charge in [0.1, 0.15) is 0 Å². The van der Waals surface area contributed by atoms with Crippen molar-refractivity contribution in [3.05, 3.63) is 29.1 Å². The molecule has 1 spiro atoms. The second-order valence-corrected chi connectivity index (χ2v) is 6.93. The molecule has 4 heterocycles. The van der Waals surface area contributed by atoms with E-state index in [9.17, 15) is 0 Å². The number of hydrogen-bond donors (Lipinski definition) is 0. The van der Waals surface area contributed by atoms with E-state index in [4.69, 9.17) is 9.47 Å². The standard InChI is InChI=1S/C17H24N2O2/c1-12(2)16-7-15-13(8-18-16)9-21-17(15)3-5-19(6-4-17)14-10-20-11-14/h7-8,12,14H,3-6,9-11H2,1-2H3. The van der Waals surface area contributed by atoms with E-state index < -0.39 is 0 Å². The van der Waals surface area contributed by atoms with Crippen molar-refractivity contribution in [2.24, 2.45) is 0 Å². The maximum atomic E-state index is 6.27. The van der Waals surface area contributed by atoms with Gasteiger partial charge in [0.05, 0.1) is 31.5 Å². The summed E-state index contributed by atoms with van der Waals surface area (Å²) >= 11 is 0. The Labute approximate surface area is 126 Å². The highest BCUT2D eigenvalue weighted by Gasteiger charge is 2.44. The second kappa shape index (κ2) is 5.04. The van der Waals surface area contributed by atoms with Gasteiger partial charge in [0.2, 0.25) is 0 Å². The SMILES string of the molecule is CC(C)c1cc2c(cn1)COC21CCN(C2COC2)CC1. The van der Waals surface area contributed by atoms with Crippen LogP contribution in [0, 0.1) is 0 Å². The minimum absolute atomic E-state index is 0.0526. The number of aromatic nitrogens is 1. The first-order valence-electron chi connectivity index (χ1n) is 8.13. The first kappa shape index (κ1) is 13.7. The monoisotopic (exact) mass is 288 g/mol. The lowest BCUT2D eigenvalue weighted by Gasteiger charge is -2.45. The summed E-state index contributed by atoms with van der Waals surface area (Å²) in [5.74, 6) is 0.472.